The Bertz CT molecular complexity index is 1260. The third kappa shape index (κ3) is 3.80. The van der Waals surface area contributed by atoms with E-state index < -0.39 is 27.6 Å². The van der Waals surface area contributed by atoms with E-state index in [-0.39, 0.29) is 22.4 Å². The average molecular weight is 450 g/mol. The van der Waals surface area contributed by atoms with E-state index in [2.05, 4.69) is 10.3 Å². The Morgan fingerprint density at radius 2 is 2.00 bits per heavy atom. The van der Waals surface area contributed by atoms with Gasteiger partial charge in [0.1, 0.15) is 11.6 Å². The number of thiazole rings is 1. The van der Waals surface area contributed by atoms with Crippen molar-refractivity contribution in [2.24, 2.45) is 0 Å². The van der Waals surface area contributed by atoms with Gasteiger partial charge in [-0.3, -0.25) is 14.4 Å². The van der Waals surface area contributed by atoms with Gasteiger partial charge in [0.05, 0.1) is 17.6 Å². The number of benzene rings is 2. The zero-order valence-corrected chi connectivity index (χ0v) is 17.7. The van der Waals surface area contributed by atoms with Crippen LogP contribution in [0.2, 0.25) is 0 Å². The molecule has 1 N–H and O–H groups in total. The van der Waals surface area contributed by atoms with E-state index in [1.807, 2.05) is 6.92 Å². The quantitative estimate of drug-likeness (QED) is 0.652. The van der Waals surface area contributed by atoms with Gasteiger partial charge in [-0.15, -0.1) is 11.3 Å². The zero-order chi connectivity index (χ0) is 21.6. The molecule has 0 aliphatic carbocycles. The highest BCUT2D eigenvalue weighted by Gasteiger charge is 2.32. The van der Waals surface area contributed by atoms with E-state index in [0.717, 1.165) is 41.4 Å². The van der Waals surface area contributed by atoms with Gasteiger partial charge in [0, 0.05) is 22.5 Å². The van der Waals surface area contributed by atoms with Crippen LogP contribution in [-0.2, 0) is 16.4 Å². The molecule has 10 heteroatoms. The number of nitrogens with one attached hydrogen (secondary N) is 1. The highest BCUT2D eigenvalue weighted by molar-refractivity contribution is 7.92. The third-order valence-corrected chi connectivity index (χ3v) is 6.81. The van der Waals surface area contributed by atoms with E-state index in [1.54, 1.807) is 18.2 Å². The number of halogens is 2. The predicted molar refractivity (Wildman–Crippen MR) is 112 cm³/mol. The zero-order valence-electron chi connectivity index (χ0n) is 16.0. The van der Waals surface area contributed by atoms with Crippen LogP contribution in [0, 0.1) is 11.6 Å². The molecule has 2 heterocycles. The number of sulfonamides is 1. The number of carbonyl (C=O) groups is 1. The Morgan fingerprint density at radius 3 is 2.73 bits per heavy atom. The minimum atomic E-state index is -3.41. The van der Waals surface area contributed by atoms with Crippen molar-refractivity contribution in [2.45, 2.75) is 19.4 Å². The number of fused-ring (bicyclic) bond motifs is 1. The molecule has 0 saturated carbocycles. The lowest BCUT2D eigenvalue weighted by molar-refractivity contribution is 0.102. The topological polar surface area (TPSA) is 79.4 Å². The first-order chi connectivity index (χ1) is 14.1. The molecule has 1 aromatic heterocycles. The van der Waals surface area contributed by atoms with Gasteiger partial charge in [-0.05, 0) is 55.3 Å². The number of nitrogens with zero attached hydrogens (tertiary/aromatic N) is 2. The second-order valence-electron chi connectivity index (χ2n) is 7.07. The van der Waals surface area contributed by atoms with Crippen LogP contribution in [0.3, 0.4) is 0 Å². The Kier molecular flexibility index (Phi) is 5.07. The summed E-state index contributed by atoms with van der Waals surface area (Å²) in [6, 6.07) is 7.69. The number of anilines is 2. The number of carbonyl (C=O) groups excluding carboxylic acids is 1. The lowest BCUT2D eigenvalue weighted by Crippen LogP contribution is -2.34. The summed E-state index contributed by atoms with van der Waals surface area (Å²) in [5.41, 5.74) is 1.92. The van der Waals surface area contributed by atoms with E-state index >= 15 is 0 Å². The average Bonchev–Trinajstić information content (AvgIpc) is 3.25. The van der Waals surface area contributed by atoms with Crippen molar-refractivity contribution in [1.82, 2.24) is 4.98 Å². The molecular weight excluding hydrogens is 432 g/mol. The summed E-state index contributed by atoms with van der Waals surface area (Å²) in [4.78, 5) is 16.8. The number of hydrogen-bond acceptors (Lipinski definition) is 5. The Labute approximate surface area is 176 Å². The molecule has 2 aromatic carbocycles. The molecule has 0 saturated heterocycles. The highest BCUT2D eigenvalue weighted by Crippen LogP contribution is 2.35. The van der Waals surface area contributed by atoms with Crippen molar-refractivity contribution in [1.29, 1.82) is 0 Å². The van der Waals surface area contributed by atoms with Gasteiger partial charge in [-0.25, -0.2) is 22.2 Å². The van der Waals surface area contributed by atoms with Crippen molar-refractivity contribution < 1.29 is 22.0 Å². The maximum Gasteiger partial charge on any atom is 0.257 e. The van der Waals surface area contributed by atoms with Crippen molar-refractivity contribution in [3.8, 4) is 11.3 Å². The van der Waals surface area contributed by atoms with Crippen LogP contribution in [0.5, 0.6) is 0 Å². The van der Waals surface area contributed by atoms with E-state index in [9.17, 15) is 22.0 Å². The summed E-state index contributed by atoms with van der Waals surface area (Å²) in [7, 11) is -3.41. The fourth-order valence-corrected chi connectivity index (χ4v) is 5.54. The molecule has 1 amide bonds. The molecule has 0 bridgehead atoms. The molecule has 30 heavy (non-hydrogen) atoms. The summed E-state index contributed by atoms with van der Waals surface area (Å²) >= 11 is 1.09. The van der Waals surface area contributed by atoms with Gasteiger partial charge in [-0.2, -0.15) is 0 Å². The van der Waals surface area contributed by atoms with Crippen LogP contribution in [0.1, 0.15) is 22.8 Å². The second kappa shape index (κ2) is 7.44. The SMILES string of the molecule is CC1Cc2cc(C(=O)Nc3nc(-c4cc(F)ccc4F)cs3)ccc2N1S(C)(=O)=O. The van der Waals surface area contributed by atoms with Gasteiger partial charge in [0.2, 0.25) is 10.0 Å². The molecule has 156 valence electrons. The lowest BCUT2D eigenvalue weighted by atomic mass is 10.1. The number of hydrogen-bond donors (Lipinski definition) is 1. The molecule has 4 rings (SSSR count). The van der Waals surface area contributed by atoms with Crippen molar-refractivity contribution in [3.05, 3.63) is 64.5 Å². The van der Waals surface area contributed by atoms with Crippen molar-refractivity contribution >= 4 is 38.1 Å². The third-order valence-electron chi connectivity index (χ3n) is 4.78. The predicted octanol–water partition coefficient (Wildman–Crippen LogP) is 4.05. The molecule has 0 spiro atoms. The molecule has 6 nitrogen and oxygen atoms in total. The van der Waals surface area contributed by atoms with Crippen LogP contribution in [0.15, 0.2) is 41.8 Å². The molecular formula is C20H17F2N3O3S2. The van der Waals surface area contributed by atoms with Crippen LogP contribution in [-0.4, -0.2) is 31.6 Å². The fraction of sp³-hybridized carbons (Fsp3) is 0.200. The van der Waals surface area contributed by atoms with Crippen molar-refractivity contribution in [2.75, 3.05) is 15.9 Å². The largest absolute Gasteiger partial charge is 0.298 e. The molecule has 0 fully saturated rings. The Hall–Kier alpha value is -2.85. The molecule has 1 atom stereocenters. The smallest absolute Gasteiger partial charge is 0.257 e. The van der Waals surface area contributed by atoms with Crippen LogP contribution in [0.4, 0.5) is 19.6 Å². The maximum atomic E-state index is 13.9. The van der Waals surface area contributed by atoms with E-state index in [4.69, 9.17) is 0 Å². The van der Waals surface area contributed by atoms with Gasteiger partial charge in [-0.1, -0.05) is 0 Å². The van der Waals surface area contributed by atoms with Crippen LogP contribution < -0.4 is 9.62 Å². The molecule has 1 unspecified atom stereocenters. The van der Waals surface area contributed by atoms with Crippen LogP contribution >= 0.6 is 11.3 Å². The van der Waals surface area contributed by atoms with Crippen molar-refractivity contribution in [3.63, 3.8) is 0 Å². The molecule has 1 aliphatic heterocycles. The van der Waals surface area contributed by atoms with Gasteiger partial charge in [0.25, 0.3) is 5.91 Å². The normalized spacial score (nSPS) is 15.9. The Morgan fingerprint density at radius 1 is 1.23 bits per heavy atom. The first-order valence-electron chi connectivity index (χ1n) is 8.98. The first-order valence-corrected chi connectivity index (χ1v) is 11.7. The summed E-state index contributed by atoms with van der Waals surface area (Å²) in [6.45, 7) is 1.81. The van der Waals surface area contributed by atoms with Gasteiger partial charge in [0.15, 0.2) is 5.13 Å². The first kappa shape index (κ1) is 20.4. The summed E-state index contributed by atoms with van der Waals surface area (Å²) in [6.07, 6.45) is 1.66. The fourth-order valence-electron chi connectivity index (χ4n) is 3.57. The van der Waals surface area contributed by atoms with E-state index in [1.165, 1.54) is 9.69 Å². The Balaban J connectivity index is 1.55. The number of amides is 1. The number of aromatic nitrogens is 1. The van der Waals surface area contributed by atoms with Gasteiger partial charge < -0.3 is 0 Å². The molecule has 3 aromatic rings. The summed E-state index contributed by atoms with van der Waals surface area (Å²) in [5, 5.41) is 4.42. The van der Waals surface area contributed by atoms with E-state index in [0.29, 0.717) is 17.7 Å². The molecule has 1 aliphatic rings. The maximum absolute atomic E-state index is 13.9. The highest BCUT2D eigenvalue weighted by atomic mass is 32.2. The van der Waals surface area contributed by atoms with Crippen LogP contribution in [0.25, 0.3) is 11.3 Å². The summed E-state index contributed by atoms with van der Waals surface area (Å²) in [5.74, 6) is -1.62. The van der Waals surface area contributed by atoms with Gasteiger partial charge >= 0.3 is 0 Å². The lowest BCUT2D eigenvalue weighted by Gasteiger charge is -2.21. The standard InChI is InChI=1S/C20H17F2N3O3S2/c1-11-7-13-8-12(3-6-18(13)25(11)30(2,27)28)19(26)24-20-23-17(10-29-20)15-9-14(21)4-5-16(15)22/h3-6,8-11H,7H2,1-2H3,(H,23,24,26). The summed E-state index contributed by atoms with van der Waals surface area (Å²) < 4.78 is 52.7. The second-order valence-corrected chi connectivity index (χ2v) is 9.79. The minimum absolute atomic E-state index is 0.0131. The monoisotopic (exact) mass is 449 g/mol. The number of rotatable bonds is 4. The molecule has 0 radical (unpaired) electrons. The minimum Gasteiger partial charge on any atom is -0.298 e.